The summed E-state index contributed by atoms with van der Waals surface area (Å²) in [7, 11) is 0. The third-order valence-electron chi connectivity index (χ3n) is 3.81. The quantitative estimate of drug-likeness (QED) is 0.464. The molecule has 0 aliphatic carbocycles. The molecule has 0 spiro atoms. The van der Waals surface area contributed by atoms with Crippen LogP contribution in [-0.2, 0) is 13.2 Å². The van der Waals surface area contributed by atoms with Crippen LogP contribution in [-0.4, -0.2) is 4.98 Å². The van der Waals surface area contributed by atoms with Gasteiger partial charge in [-0.3, -0.25) is 0 Å². The predicted molar refractivity (Wildman–Crippen MR) is 101 cm³/mol. The van der Waals surface area contributed by atoms with Gasteiger partial charge in [-0.2, -0.15) is 0 Å². The zero-order chi connectivity index (χ0) is 16.9. The van der Waals surface area contributed by atoms with E-state index in [1.54, 1.807) is 11.3 Å². The molecule has 0 saturated heterocycles. The number of aromatic nitrogens is 1. The van der Waals surface area contributed by atoms with Crippen LogP contribution >= 0.6 is 11.3 Å². The van der Waals surface area contributed by atoms with Gasteiger partial charge in [0.05, 0.1) is 11.2 Å². The Morgan fingerprint density at radius 2 is 1.60 bits per heavy atom. The molecule has 124 valence electrons. The largest absolute Gasteiger partial charge is 0.488 e. The van der Waals surface area contributed by atoms with Gasteiger partial charge in [-0.15, -0.1) is 11.3 Å². The minimum absolute atomic E-state index is 0.430. The van der Waals surface area contributed by atoms with Crippen LogP contribution in [0.5, 0.6) is 11.5 Å². The lowest BCUT2D eigenvalue weighted by atomic mass is 10.2. The number of thiophene rings is 1. The van der Waals surface area contributed by atoms with Crippen LogP contribution in [0.25, 0.3) is 10.9 Å². The van der Waals surface area contributed by atoms with Gasteiger partial charge in [-0.05, 0) is 35.7 Å². The molecule has 4 aromatic rings. The molecule has 0 aliphatic heterocycles. The topological polar surface area (TPSA) is 31.4 Å². The average molecular weight is 347 g/mol. The molecule has 25 heavy (non-hydrogen) atoms. The Bertz CT molecular complexity index is 966. The molecule has 0 aliphatic rings. The van der Waals surface area contributed by atoms with Crippen molar-refractivity contribution in [3.63, 3.8) is 0 Å². The van der Waals surface area contributed by atoms with Crippen molar-refractivity contribution in [2.24, 2.45) is 0 Å². The van der Waals surface area contributed by atoms with Crippen molar-refractivity contribution < 1.29 is 9.47 Å². The second kappa shape index (κ2) is 7.36. The summed E-state index contributed by atoms with van der Waals surface area (Å²) in [5.74, 6) is 1.58. The van der Waals surface area contributed by atoms with Gasteiger partial charge in [0.25, 0.3) is 0 Å². The van der Waals surface area contributed by atoms with Crippen molar-refractivity contribution in [1.82, 2.24) is 4.98 Å². The molecule has 0 unspecified atom stereocenters. The highest BCUT2D eigenvalue weighted by atomic mass is 32.1. The minimum Gasteiger partial charge on any atom is -0.488 e. The standard InChI is InChI=1S/C21H17NO2S/c1-2-9-21-16(5-1)10-11-17(22-21)14-23-18-6-3-7-19(13-18)24-15-20-8-4-12-25-20/h1-13H,14-15H2. The molecule has 4 heteroatoms. The monoisotopic (exact) mass is 347 g/mol. The van der Waals surface area contributed by atoms with Gasteiger partial charge in [-0.1, -0.05) is 36.4 Å². The zero-order valence-corrected chi connectivity index (χ0v) is 14.4. The summed E-state index contributed by atoms with van der Waals surface area (Å²) >= 11 is 1.69. The van der Waals surface area contributed by atoms with Gasteiger partial charge in [0, 0.05) is 16.3 Å². The maximum atomic E-state index is 5.88. The molecule has 0 radical (unpaired) electrons. The molecular weight excluding hydrogens is 330 g/mol. The van der Waals surface area contributed by atoms with E-state index in [4.69, 9.17) is 9.47 Å². The summed E-state index contributed by atoms with van der Waals surface area (Å²) in [6.07, 6.45) is 0. The SMILES string of the molecule is c1cc(OCc2ccc3ccccc3n2)cc(OCc2cccs2)c1. The number of para-hydroxylation sites is 1. The molecule has 4 rings (SSSR count). The van der Waals surface area contributed by atoms with E-state index in [1.807, 2.05) is 54.6 Å². The first-order chi connectivity index (χ1) is 12.4. The third kappa shape index (κ3) is 3.98. The number of ether oxygens (including phenoxy) is 2. The molecule has 2 heterocycles. The summed E-state index contributed by atoms with van der Waals surface area (Å²) in [4.78, 5) is 5.83. The summed E-state index contributed by atoms with van der Waals surface area (Å²) in [6, 6.07) is 24.0. The smallest absolute Gasteiger partial charge is 0.130 e. The minimum atomic E-state index is 0.430. The Hall–Kier alpha value is -2.85. The van der Waals surface area contributed by atoms with Crippen molar-refractivity contribution in [3.8, 4) is 11.5 Å². The van der Waals surface area contributed by atoms with Gasteiger partial charge < -0.3 is 9.47 Å². The molecule has 0 atom stereocenters. The number of fused-ring (bicyclic) bond motifs is 1. The Kier molecular flexibility index (Phi) is 4.61. The van der Waals surface area contributed by atoms with Gasteiger partial charge in [0.1, 0.15) is 24.7 Å². The maximum Gasteiger partial charge on any atom is 0.130 e. The zero-order valence-electron chi connectivity index (χ0n) is 13.6. The maximum absolute atomic E-state index is 5.88. The fourth-order valence-corrected chi connectivity index (χ4v) is 3.16. The highest BCUT2D eigenvalue weighted by Crippen LogP contribution is 2.22. The van der Waals surface area contributed by atoms with E-state index in [9.17, 15) is 0 Å². The fraction of sp³-hybridized carbons (Fsp3) is 0.0952. The number of nitrogens with zero attached hydrogens (tertiary/aromatic N) is 1. The van der Waals surface area contributed by atoms with Crippen LogP contribution in [0.3, 0.4) is 0 Å². The van der Waals surface area contributed by atoms with Crippen LogP contribution in [0.1, 0.15) is 10.6 Å². The average Bonchev–Trinajstić information content (AvgIpc) is 3.19. The van der Waals surface area contributed by atoms with Gasteiger partial charge in [0.2, 0.25) is 0 Å². The van der Waals surface area contributed by atoms with Crippen molar-refractivity contribution in [3.05, 3.63) is 88.7 Å². The van der Waals surface area contributed by atoms with E-state index < -0.39 is 0 Å². The second-order valence-electron chi connectivity index (χ2n) is 5.63. The lowest BCUT2D eigenvalue weighted by Crippen LogP contribution is -1.99. The molecular formula is C21H17NO2S. The number of pyridine rings is 1. The van der Waals surface area contributed by atoms with E-state index in [0.29, 0.717) is 13.2 Å². The molecule has 0 bridgehead atoms. The van der Waals surface area contributed by atoms with Gasteiger partial charge in [-0.25, -0.2) is 4.98 Å². The molecule has 3 nitrogen and oxygen atoms in total. The first-order valence-corrected chi connectivity index (χ1v) is 8.97. The van der Waals surface area contributed by atoms with E-state index in [0.717, 1.165) is 28.1 Å². The molecule has 0 fully saturated rings. The molecule has 2 aromatic carbocycles. The Balaban J connectivity index is 1.40. The lowest BCUT2D eigenvalue weighted by Gasteiger charge is -2.09. The number of hydrogen-bond acceptors (Lipinski definition) is 4. The highest BCUT2D eigenvalue weighted by molar-refractivity contribution is 7.09. The summed E-state index contributed by atoms with van der Waals surface area (Å²) in [5, 5.41) is 3.18. The van der Waals surface area contributed by atoms with Gasteiger partial charge >= 0.3 is 0 Å². The van der Waals surface area contributed by atoms with Crippen LogP contribution < -0.4 is 9.47 Å². The molecule has 2 aromatic heterocycles. The summed E-state index contributed by atoms with van der Waals surface area (Å²) < 4.78 is 11.7. The molecule has 0 amide bonds. The number of rotatable bonds is 6. The predicted octanol–water partition coefficient (Wildman–Crippen LogP) is 5.45. The molecule has 0 N–H and O–H groups in total. The summed E-state index contributed by atoms with van der Waals surface area (Å²) in [6.45, 7) is 1.01. The Labute approximate surface area is 150 Å². The van der Waals surface area contributed by atoms with Crippen LogP contribution in [0.2, 0.25) is 0 Å². The first-order valence-electron chi connectivity index (χ1n) is 8.09. The number of hydrogen-bond donors (Lipinski definition) is 0. The van der Waals surface area contributed by atoms with E-state index in [2.05, 4.69) is 28.6 Å². The van der Waals surface area contributed by atoms with Crippen molar-refractivity contribution in [2.45, 2.75) is 13.2 Å². The van der Waals surface area contributed by atoms with Crippen molar-refractivity contribution in [1.29, 1.82) is 0 Å². The van der Waals surface area contributed by atoms with Crippen molar-refractivity contribution >= 4 is 22.2 Å². The molecule has 0 saturated carbocycles. The van der Waals surface area contributed by atoms with E-state index in [1.165, 1.54) is 4.88 Å². The first kappa shape index (κ1) is 15.7. The van der Waals surface area contributed by atoms with Crippen LogP contribution in [0, 0.1) is 0 Å². The Morgan fingerprint density at radius 3 is 2.44 bits per heavy atom. The summed E-state index contributed by atoms with van der Waals surface area (Å²) in [5.41, 5.74) is 1.89. The van der Waals surface area contributed by atoms with E-state index >= 15 is 0 Å². The van der Waals surface area contributed by atoms with Crippen LogP contribution in [0.15, 0.2) is 78.2 Å². The normalized spacial score (nSPS) is 10.7. The Morgan fingerprint density at radius 1 is 0.760 bits per heavy atom. The third-order valence-corrected chi connectivity index (χ3v) is 4.66. The number of benzene rings is 2. The fourth-order valence-electron chi connectivity index (χ4n) is 2.55. The lowest BCUT2D eigenvalue weighted by molar-refractivity contribution is 0.289. The van der Waals surface area contributed by atoms with Gasteiger partial charge in [0.15, 0.2) is 0 Å². The second-order valence-corrected chi connectivity index (χ2v) is 6.66. The highest BCUT2D eigenvalue weighted by Gasteiger charge is 2.02. The van der Waals surface area contributed by atoms with Crippen LogP contribution in [0.4, 0.5) is 0 Å². The van der Waals surface area contributed by atoms with Crippen molar-refractivity contribution in [2.75, 3.05) is 0 Å². The van der Waals surface area contributed by atoms with E-state index in [-0.39, 0.29) is 0 Å².